The van der Waals surface area contributed by atoms with Gasteiger partial charge in [-0.2, -0.15) is 0 Å². The van der Waals surface area contributed by atoms with E-state index in [4.69, 9.17) is 0 Å². The van der Waals surface area contributed by atoms with Crippen molar-refractivity contribution in [3.63, 3.8) is 0 Å². The largest absolute Gasteiger partial charge is 0.369 e. The summed E-state index contributed by atoms with van der Waals surface area (Å²) in [4.78, 5) is 31.2. The third-order valence-electron chi connectivity index (χ3n) is 4.78. The molecule has 144 valence electrons. The third kappa shape index (κ3) is 5.08. The molecule has 7 heteroatoms. The first-order valence-corrected chi connectivity index (χ1v) is 10.1. The lowest BCUT2D eigenvalue weighted by atomic mass is 10.2. The summed E-state index contributed by atoms with van der Waals surface area (Å²) in [5, 5.41) is 4.75. The van der Waals surface area contributed by atoms with Crippen molar-refractivity contribution in [1.82, 2.24) is 10.2 Å². The van der Waals surface area contributed by atoms with E-state index in [1.54, 1.807) is 17.9 Å². The molecule has 27 heavy (non-hydrogen) atoms. The van der Waals surface area contributed by atoms with Crippen molar-refractivity contribution in [2.24, 2.45) is 0 Å². The minimum absolute atomic E-state index is 0.0345. The average Bonchev–Trinajstić information content (AvgIpc) is 3.21. The molecule has 2 aromatic rings. The van der Waals surface area contributed by atoms with Crippen LogP contribution in [0.2, 0.25) is 0 Å². The van der Waals surface area contributed by atoms with E-state index in [0.717, 1.165) is 31.9 Å². The van der Waals surface area contributed by atoms with E-state index < -0.39 is 0 Å². The molecule has 0 saturated carbocycles. The summed E-state index contributed by atoms with van der Waals surface area (Å²) in [6.07, 6.45) is 0. The zero-order chi connectivity index (χ0) is 19.2. The molecule has 0 spiro atoms. The first-order valence-electron chi connectivity index (χ1n) is 9.18. The van der Waals surface area contributed by atoms with E-state index in [1.165, 1.54) is 17.0 Å². The van der Waals surface area contributed by atoms with Crippen LogP contribution in [-0.4, -0.2) is 63.0 Å². The highest BCUT2D eigenvalue weighted by Gasteiger charge is 2.16. The van der Waals surface area contributed by atoms with Crippen LogP contribution >= 0.6 is 11.3 Å². The van der Waals surface area contributed by atoms with Gasteiger partial charge in [-0.25, -0.2) is 0 Å². The maximum Gasteiger partial charge on any atom is 0.261 e. The van der Waals surface area contributed by atoms with E-state index in [2.05, 4.69) is 34.3 Å². The predicted molar refractivity (Wildman–Crippen MR) is 111 cm³/mol. The molecule has 0 aliphatic carbocycles. The summed E-state index contributed by atoms with van der Waals surface area (Å²) in [7, 11) is 2.14. The second-order valence-electron chi connectivity index (χ2n) is 6.71. The van der Waals surface area contributed by atoms with Crippen molar-refractivity contribution in [3.8, 4) is 0 Å². The normalized spacial score (nSPS) is 14.8. The van der Waals surface area contributed by atoms with Crippen LogP contribution < -0.4 is 15.1 Å². The number of likely N-dealkylation sites (N-methyl/N-ethyl adjacent to an activating group) is 1. The lowest BCUT2D eigenvalue weighted by Gasteiger charge is -2.34. The van der Waals surface area contributed by atoms with Crippen molar-refractivity contribution in [1.29, 1.82) is 0 Å². The second-order valence-corrected chi connectivity index (χ2v) is 7.66. The number of carbonyl (C=O) groups excluding carboxylic acids is 2. The number of rotatable bonds is 6. The number of piperazine rings is 1. The molecule has 2 amide bonds. The smallest absolute Gasteiger partial charge is 0.261 e. The van der Waals surface area contributed by atoms with Gasteiger partial charge in [-0.1, -0.05) is 6.07 Å². The van der Waals surface area contributed by atoms with E-state index in [-0.39, 0.29) is 11.8 Å². The molecule has 1 saturated heterocycles. The Morgan fingerprint density at radius 2 is 1.81 bits per heavy atom. The van der Waals surface area contributed by atoms with Gasteiger partial charge >= 0.3 is 0 Å². The Kier molecular flexibility index (Phi) is 6.47. The average molecular weight is 387 g/mol. The van der Waals surface area contributed by atoms with Gasteiger partial charge < -0.3 is 20.0 Å². The molecule has 1 fully saturated rings. The fourth-order valence-corrected chi connectivity index (χ4v) is 3.79. The number of nitrogens with zero attached hydrogens (tertiary/aromatic N) is 3. The topological polar surface area (TPSA) is 55.9 Å². The molecule has 0 bridgehead atoms. The van der Waals surface area contributed by atoms with Crippen LogP contribution in [0.25, 0.3) is 0 Å². The number of benzene rings is 1. The highest BCUT2D eigenvalue weighted by Crippen LogP contribution is 2.22. The number of anilines is 2. The first kappa shape index (κ1) is 19.4. The minimum Gasteiger partial charge on any atom is -0.369 e. The molecule has 1 aliphatic heterocycles. The Labute approximate surface area is 164 Å². The molecule has 0 unspecified atom stereocenters. The van der Waals surface area contributed by atoms with E-state index in [1.807, 2.05) is 23.6 Å². The molecular weight excluding hydrogens is 360 g/mol. The fourth-order valence-electron chi connectivity index (χ4n) is 3.15. The fraction of sp³-hybridized carbons (Fsp3) is 0.400. The summed E-state index contributed by atoms with van der Waals surface area (Å²) < 4.78 is 0. The zero-order valence-electron chi connectivity index (χ0n) is 15.9. The number of nitrogens with one attached hydrogen (secondary N) is 1. The monoisotopic (exact) mass is 386 g/mol. The van der Waals surface area contributed by atoms with Crippen molar-refractivity contribution < 1.29 is 9.59 Å². The Morgan fingerprint density at radius 1 is 1.11 bits per heavy atom. The maximum atomic E-state index is 12.1. The van der Waals surface area contributed by atoms with Crippen molar-refractivity contribution in [2.45, 2.75) is 6.92 Å². The molecule has 2 heterocycles. The molecule has 6 nitrogen and oxygen atoms in total. The summed E-state index contributed by atoms with van der Waals surface area (Å²) >= 11 is 1.41. The molecule has 1 N–H and O–H groups in total. The van der Waals surface area contributed by atoms with Gasteiger partial charge in [-0.3, -0.25) is 9.59 Å². The number of thiophene rings is 1. The highest BCUT2D eigenvalue weighted by molar-refractivity contribution is 7.12. The molecule has 0 radical (unpaired) electrons. The number of amides is 2. The number of carbonyl (C=O) groups is 2. The van der Waals surface area contributed by atoms with Gasteiger partial charge in [0.25, 0.3) is 5.91 Å². The van der Waals surface area contributed by atoms with Gasteiger partial charge in [0.05, 0.1) is 4.88 Å². The standard InChI is InChI=1S/C20H26N4O2S/c1-16(25)24(10-9-21-20(26)19-4-3-15-27-19)18-7-5-17(6-8-18)23-13-11-22(2)12-14-23/h3-8,15H,9-14H2,1-2H3,(H,21,26). The summed E-state index contributed by atoms with van der Waals surface area (Å²) in [6.45, 7) is 6.56. The summed E-state index contributed by atoms with van der Waals surface area (Å²) in [5.74, 6) is -0.133. The first-order chi connectivity index (χ1) is 13.0. The van der Waals surface area contributed by atoms with Crippen molar-refractivity contribution >= 4 is 34.5 Å². The molecule has 1 aromatic carbocycles. The van der Waals surface area contributed by atoms with Gasteiger partial charge in [0, 0.05) is 57.6 Å². The van der Waals surface area contributed by atoms with Gasteiger partial charge in [-0.05, 0) is 42.8 Å². The van der Waals surface area contributed by atoms with E-state index in [0.29, 0.717) is 18.0 Å². The van der Waals surface area contributed by atoms with E-state index in [9.17, 15) is 9.59 Å². The molecular formula is C20H26N4O2S. The van der Waals surface area contributed by atoms with Crippen LogP contribution in [0.15, 0.2) is 41.8 Å². The van der Waals surface area contributed by atoms with Crippen molar-refractivity contribution in [2.75, 3.05) is 56.1 Å². The van der Waals surface area contributed by atoms with Crippen LogP contribution in [0.3, 0.4) is 0 Å². The lowest BCUT2D eigenvalue weighted by molar-refractivity contribution is -0.116. The van der Waals surface area contributed by atoms with Gasteiger partial charge in [0.15, 0.2) is 0 Å². The molecule has 0 atom stereocenters. The molecule has 3 rings (SSSR count). The second kappa shape index (κ2) is 9.01. The Bertz CT molecular complexity index is 753. The predicted octanol–water partition coefficient (Wildman–Crippen LogP) is 2.28. The van der Waals surface area contributed by atoms with E-state index >= 15 is 0 Å². The zero-order valence-corrected chi connectivity index (χ0v) is 16.7. The Morgan fingerprint density at radius 3 is 2.41 bits per heavy atom. The van der Waals surface area contributed by atoms with Crippen LogP contribution in [0.4, 0.5) is 11.4 Å². The SMILES string of the molecule is CC(=O)N(CCNC(=O)c1cccs1)c1ccc(N2CCN(C)CC2)cc1. The van der Waals surface area contributed by atoms with Crippen LogP contribution in [0, 0.1) is 0 Å². The Balaban J connectivity index is 1.57. The third-order valence-corrected chi connectivity index (χ3v) is 5.64. The maximum absolute atomic E-state index is 12.1. The number of hydrogen-bond acceptors (Lipinski definition) is 5. The Hall–Kier alpha value is -2.38. The summed E-state index contributed by atoms with van der Waals surface area (Å²) in [5.41, 5.74) is 2.03. The van der Waals surface area contributed by atoms with Gasteiger partial charge in [-0.15, -0.1) is 11.3 Å². The number of hydrogen-bond donors (Lipinski definition) is 1. The van der Waals surface area contributed by atoms with Crippen LogP contribution in [0.5, 0.6) is 0 Å². The van der Waals surface area contributed by atoms with Gasteiger partial charge in [0.2, 0.25) is 5.91 Å². The van der Waals surface area contributed by atoms with Crippen molar-refractivity contribution in [3.05, 3.63) is 46.7 Å². The summed E-state index contributed by atoms with van der Waals surface area (Å²) in [6, 6.07) is 11.7. The lowest BCUT2D eigenvalue weighted by Crippen LogP contribution is -2.44. The van der Waals surface area contributed by atoms with Crippen LogP contribution in [0.1, 0.15) is 16.6 Å². The molecule has 1 aliphatic rings. The quantitative estimate of drug-likeness (QED) is 0.828. The van der Waals surface area contributed by atoms with Crippen LogP contribution in [-0.2, 0) is 4.79 Å². The minimum atomic E-state index is -0.0982. The van der Waals surface area contributed by atoms with Gasteiger partial charge in [0.1, 0.15) is 0 Å². The molecule has 1 aromatic heterocycles. The highest BCUT2D eigenvalue weighted by atomic mass is 32.1.